The second-order valence-electron chi connectivity index (χ2n) is 6.22. The van der Waals surface area contributed by atoms with E-state index < -0.39 is 22.0 Å². The number of anilines is 2. The second kappa shape index (κ2) is 8.17. The van der Waals surface area contributed by atoms with E-state index in [-0.39, 0.29) is 22.5 Å². The predicted octanol–water partition coefficient (Wildman–Crippen LogP) is 2.71. The number of benzene rings is 2. The number of halogens is 1. The Bertz CT molecular complexity index is 1170. The second-order valence-corrected chi connectivity index (χ2v) is 8.29. The molecule has 9 nitrogen and oxygen atoms in total. The first-order valence-electron chi connectivity index (χ1n) is 8.72. The van der Waals surface area contributed by atoms with Crippen LogP contribution in [0.3, 0.4) is 0 Å². The van der Waals surface area contributed by atoms with E-state index in [2.05, 4.69) is 20.2 Å². The molecule has 2 heterocycles. The van der Waals surface area contributed by atoms with E-state index in [4.69, 9.17) is 21.1 Å². The van der Waals surface area contributed by atoms with Gasteiger partial charge in [0, 0.05) is 5.69 Å². The molecule has 0 fully saturated rings. The molecule has 0 radical (unpaired) electrons. The van der Waals surface area contributed by atoms with E-state index >= 15 is 0 Å². The van der Waals surface area contributed by atoms with Crippen molar-refractivity contribution in [3.05, 3.63) is 65.8 Å². The van der Waals surface area contributed by atoms with Gasteiger partial charge in [-0.2, -0.15) is 0 Å². The minimum Gasteiger partial charge on any atom is -0.485 e. The van der Waals surface area contributed by atoms with Crippen LogP contribution in [0.4, 0.5) is 11.5 Å². The normalized spacial score (nSPS) is 15.3. The molecule has 154 valence electrons. The summed E-state index contributed by atoms with van der Waals surface area (Å²) >= 11 is 5.64. The molecule has 1 unspecified atom stereocenters. The standard InChI is InChI=1S/C19H15ClN4O5S/c20-17-9-10-18(23-22-17)24-30(26,27)13-7-5-12(6-8-13)21-19(25)16-11-28-14-3-1-2-4-15(14)29-16/h1-10,16H,11H2,(H,21,25)(H,23,24). The molecular weight excluding hydrogens is 432 g/mol. The Labute approximate surface area is 177 Å². The maximum Gasteiger partial charge on any atom is 0.269 e. The Morgan fingerprint density at radius 2 is 1.73 bits per heavy atom. The summed E-state index contributed by atoms with van der Waals surface area (Å²) < 4.78 is 38.4. The van der Waals surface area contributed by atoms with Crippen LogP contribution < -0.4 is 19.5 Å². The smallest absolute Gasteiger partial charge is 0.269 e. The monoisotopic (exact) mass is 446 g/mol. The van der Waals surface area contributed by atoms with Crippen molar-refractivity contribution in [1.29, 1.82) is 0 Å². The maximum absolute atomic E-state index is 12.5. The van der Waals surface area contributed by atoms with Crippen LogP contribution in [0.5, 0.6) is 11.5 Å². The minimum atomic E-state index is -3.88. The van der Waals surface area contributed by atoms with Gasteiger partial charge in [0.2, 0.25) is 6.10 Å². The zero-order valence-electron chi connectivity index (χ0n) is 15.3. The highest BCUT2D eigenvalue weighted by Crippen LogP contribution is 2.31. The van der Waals surface area contributed by atoms with Crippen LogP contribution in [0.1, 0.15) is 0 Å². The Hall–Kier alpha value is -3.37. The number of fused-ring (bicyclic) bond motifs is 1. The van der Waals surface area contributed by atoms with Crippen LogP contribution in [0.25, 0.3) is 0 Å². The molecule has 4 rings (SSSR count). The van der Waals surface area contributed by atoms with Crippen molar-refractivity contribution in [2.45, 2.75) is 11.0 Å². The summed E-state index contributed by atoms with van der Waals surface area (Å²) in [7, 11) is -3.88. The predicted molar refractivity (Wildman–Crippen MR) is 109 cm³/mol. The van der Waals surface area contributed by atoms with Crippen LogP contribution in [-0.4, -0.2) is 37.2 Å². The fraction of sp³-hybridized carbons (Fsp3) is 0.105. The third-order valence-corrected chi connectivity index (χ3v) is 5.68. The number of hydrogen-bond donors (Lipinski definition) is 2. The quantitative estimate of drug-likeness (QED) is 0.618. The van der Waals surface area contributed by atoms with Crippen LogP contribution in [0.15, 0.2) is 65.6 Å². The Balaban J connectivity index is 1.41. The van der Waals surface area contributed by atoms with Crippen molar-refractivity contribution >= 4 is 39.0 Å². The number of amides is 1. The van der Waals surface area contributed by atoms with Crippen molar-refractivity contribution in [3.8, 4) is 11.5 Å². The fourth-order valence-electron chi connectivity index (χ4n) is 2.66. The third kappa shape index (κ3) is 4.44. The molecule has 0 spiro atoms. The summed E-state index contributed by atoms with van der Waals surface area (Å²) in [4.78, 5) is 12.4. The molecule has 0 saturated carbocycles. The van der Waals surface area contributed by atoms with Gasteiger partial charge in [-0.15, -0.1) is 10.2 Å². The topological polar surface area (TPSA) is 120 Å². The zero-order chi connectivity index (χ0) is 21.1. The number of carbonyl (C=O) groups is 1. The van der Waals surface area contributed by atoms with E-state index in [1.807, 2.05) is 6.07 Å². The van der Waals surface area contributed by atoms with E-state index in [1.165, 1.54) is 36.4 Å². The Kier molecular flexibility index (Phi) is 5.42. The van der Waals surface area contributed by atoms with E-state index in [1.54, 1.807) is 18.2 Å². The average Bonchev–Trinajstić information content (AvgIpc) is 2.75. The van der Waals surface area contributed by atoms with Crippen molar-refractivity contribution in [3.63, 3.8) is 0 Å². The molecule has 1 atom stereocenters. The largest absolute Gasteiger partial charge is 0.485 e. The number of nitrogens with zero attached hydrogens (tertiary/aromatic N) is 2. The number of para-hydroxylation sites is 2. The van der Waals surface area contributed by atoms with Crippen molar-refractivity contribution in [2.75, 3.05) is 16.6 Å². The fourth-order valence-corrected chi connectivity index (χ4v) is 3.75. The zero-order valence-corrected chi connectivity index (χ0v) is 16.9. The molecule has 1 aliphatic rings. The summed E-state index contributed by atoms with van der Waals surface area (Å²) in [5.41, 5.74) is 0.410. The third-order valence-electron chi connectivity index (χ3n) is 4.10. The average molecular weight is 447 g/mol. The van der Waals surface area contributed by atoms with Crippen LogP contribution in [0.2, 0.25) is 5.15 Å². The van der Waals surface area contributed by atoms with Gasteiger partial charge in [-0.05, 0) is 48.5 Å². The Morgan fingerprint density at radius 3 is 2.43 bits per heavy atom. The molecule has 1 aliphatic heterocycles. The molecule has 0 bridgehead atoms. The van der Waals surface area contributed by atoms with Gasteiger partial charge in [0.15, 0.2) is 22.5 Å². The molecule has 3 aromatic rings. The van der Waals surface area contributed by atoms with Gasteiger partial charge in [0.25, 0.3) is 15.9 Å². The number of ether oxygens (including phenoxy) is 2. The highest BCUT2D eigenvalue weighted by molar-refractivity contribution is 7.92. The lowest BCUT2D eigenvalue weighted by atomic mass is 10.2. The van der Waals surface area contributed by atoms with Crippen molar-refractivity contribution < 1.29 is 22.7 Å². The molecule has 2 N–H and O–H groups in total. The first-order valence-corrected chi connectivity index (χ1v) is 10.6. The number of carbonyl (C=O) groups excluding carboxylic acids is 1. The molecule has 30 heavy (non-hydrogen) atoms. The van der Waals surface area contributed by atoms with Gasteiger partial charge in [0.05, 0.1) is 4.90 Å². The highest BCUT2D eigenvalue weighted by atomic mass is 35.5. The van der Waals surface area contributed by atoms with E-state index in [9.17, 15) is 13.2 Å². The van der Waals surface area contributed by atoms with Crippen molar-refractivity contribution in [1.82, 2.24) is 10.2 Å². The molecular formula is C19H15ClN4O5S. The van der Waals surface area contributed by atoms with Gasteiger partial charge in [-0.25, -0.2) is 8.42 Å². The summed E-state index contributed by atoms with van der Waals surface area (Å²) in [5.74, 6) is 0.692. The van der Waals surface area contributed by atoms with Crippen LogP contribution >= 0.6 is 11.6 Å². The van der Waals surface area contributed by atoms with Crippen LogP contribution in [-0.2, 0) is 14.8 Å². The molecule has 11 heteroatoms. The lowest BCUT2D eigenvalue weighted by Crippen LogP contribution is -2.40. The number of hydrogen-bond acceptors (Lipinski definition) is 7. The number of sulfonamides is 1. The lowest BCUT2D eigenvalue weighted by Gasteiger charge is -2.25. The van der Waals surface area contributed by atoms with Gasteiger partial charge >= 0.3 is 0 Å². The van der Waals surface area contributed by atoms with Gasteiger partial charge in [-0.1, -0.05) is 23.7 Å². The van der Waals surface area contributed by atoms with Gasteiger partial charge < -0.3 is 14.8 Å². The van der Waals surface area contributed by atoms with Gasteiger partial charge in [-0.3, -0.25) is 9.52 Å². The Morgan fingerprint density at radius 1 is 1.00 bits per heavy atom. The number of nitrogens with one attached hydrogen (secondary N) is 2. The molecule has 0 aliphatic carbocycles. The first kappa shape index (κ1) is 19.9. The minimum absolute atomic E-state index is 0.0107. The van der Waals surface area contributed by atoms with Crippen LogP contribution in [0, 0.1) is 0 Å². The maximum atomic E-state index is 12.5. The summed E-state index contributed by atoms with van der Waals surface area (Å²) in [6.07, 6.45) is -0.826. The number of aromatic nitrogens is 2. The lowest BCUT2D eigenvalue weighted by molar-refractivity contribution is -0.125. The highest BCUT2D eigenvalue weighted by Gasteiger charge is 2.27. The summed E-state index contributed by atoms with van der Waals surface area (Å²) in [6.45, 7) is 0.0708. The van der Waals surface area contributed by atoms with E-state index in [0.29, 0.717) is 17.2 Å². The number of rotatable bonds is 5. The van der Waals surface area contributed by atoms with Gasteiger partial charge in [0.1, 0.15) is 6.61 Å². The molecule has 1 aromatic heterocycles. The molecule has 0 saturated heterocycles. The summed E-state index contributed by atoms with van der Waals surface area (Å²) in [6, 6.07) is 15.5. The molecule has 1 amide bonds. The molecule has 2 aromatic carbocycles. The van der Waals surface area contributed by atoms with Crippen molar-refractivity contribution in [2.24, 2.45) is 0 Å². The SMILES string of the molecule is O=C(Nc1ccc(S(=O)(=O)Nc2ccc(Cl)nn2)cc1)C1COc2ccccc2O1. The summed E-state index contributed by atoms with van der Waals surface area (Å²) in [5, 5.41) is 10.1. The first-order chi connectivity index (χ1) is 14.4. The van der Waals surface area contributed by atoms with E-state index in [0.717, 1.165) is 0 Å².